The minimum absolute atomic E-state index is 0.142. The van der Waals surface area contributed by atoms with Gasteiger partial charge in [0.25, 0.3) is 5.91 Å². The number of hydrogen-bond acceptors (Lipinski definition) is 4. The van der Waals surface area contributed by atoms with Gasteiger partial charge in [0, 0.05) is 13.0 Å². The molecular weight excluding hydrogens is 306 g/mol. The Morgan fingerprint density at radius 2 is 1.96 bits per heavy atom. The maximum atomic E-state index is 12.6. The van der Waals surface area contributed by atoms with Crippen molar-refractivity contribution >= 4 is 11.9 Å². The molecule has 1 N–H and O–H groups in total. The lowest BCUT2D eigenvalue weighted by molar-refractivity contribution is -0.127. The van der Waals surface area contributed by atoms with Crippen LogP contribution in [0.3, 0.4) is 0 Å². The average molecular weight is 327 g/mol. The summed E-state index contributed by atoms with van der Waals surface area (Å²) in [5, 5.41) is 6.93. The zero-order valence-corrected chi connectivity index (χ0v) is 13.8. The molecule has 126 valence electrons. The van der Waals surface area contributed by atoms with Crippen molar-refractivity contribution in [2.75, 3.05) is 0 Å². The highest BCUT2D eigenvalue weighted by atomic mass is 16.2. The average Bonchev–Trinajstić information content (AvgIpc) is 3.08. The molecule has 0 aliphatic carbocycles. The molecule has 0 unspecified atom stereocenters. The Morgan fingerprint density at radius 3 is 2.67 bits per heavy atom. The van der Waals surface area contributed by atoms with Gasteiger partial charge in [-0.2, -0.15) is 5.10 Å². The smallest absolute Gasteiger partial charge is 0.325 e. The van der Waals surface area contributed by atoms with Crippen LogP contribution in [0.15, 0.2) is 36.7 Å². The van der Waals surface area contributed by atoms with E-state index in [4.69, 9.17) is 0 Å². The number of nitrogens with one attached hydrogen (secondary N) is 1. The Labute approximate surface area is 140 Å². The van der Waals surface area contributed by atoms with Crippen molar-refractivity contribution in [1.82, 2.24) is 25.0 Å². The highest BCUT2D eigenvalue weighted by molar-refractivity contribution is 6.04. The van der Waals surface area contributed by atoms with Crippen LogP contribution in [0.1, 0.15) is 25.2 Å². The van der Waals surface area contributed by atoms with Crippen molar-refractivity contribution < 1.29 is 9.59 Å². The number of hydrogen-bond donors (Lipinski definition) is 1. The van der Waals surface area contributed by atoms with E-state index in [9.17, 15) is 9.59 Å². The first kappa shape index (κ1) is 16.2. The summed E-state index contributed by atoms with van der Waals surface area (Å²) in [7, 11) is 0. The van der Waals surface area contributed by atoms with Crippen LogP contribution in [0, 0.1) is 5.92 Å². The van der Waals surface area contributed by atoms with E-state index < -0.39 is 6.04 Å². The molecule has 3 amide bonds. The molecule has 0 bridgehead atoms. The van der Waals surface area contributed by atoms with Crippen molar-refractivity contribution in [3.05, 3.63) is 48.0 Å². The van der Waals surface area contributed by atoms with Crippen LogP contribution in [-0.2, 0) is 24.3 Å². The van der Waals surface area contributed by atoms with Gasteiger partial charge in [-0.15, -0.1) is 0 Å². The second kappa shape index (κ2) is 6.82. The van der Waals surface area contributed by atoms with Gasteiger partial charge >= 0.3 is 6.03 Å². The minimum atomic E-state index is -0.527. The van der Waals surface area contributed by atoms with Gasteiger partial charge in [0.1, 0.15) is 18.2 Å². The van der Waals surface area contributed by atoms with E-state index in [0.29, 0.717) is 24.7 Å². The molecule has 1 aliphatic heterocycles. The third-order valence-electron chi connectivity index (χ3n) is 3.92. The Balaban J connectivity index is 1.70. The van der Waals surface area contributed by atoms with E-state index in [1.165, 1.54) is 11.2 Å². The number of carbonyl (C=O) groups is 2. The van der Waals surface area contributed by atoms with Crippen LogP contribution in [0.5, 0.6) is 0 Å². The van der Waals surface area contributed by atoms with Gasteiger partial charge in [-0.3, -0.25) is 9.69 Å². The molecule has 0 radical (unpaired) electrons. The van der Waals surface area contributed by atoms with Gasteiger partial charge in [0.05, 0.1) is 6.54 Å². The summed E-state index contributed by atoms with van der Waals surface area (Å²) >= 11 is 0. The van der Waals surface area contributed by atoms with Crippen molar-refractivity contribution in [3.8, 4) is 0 Å². The number of amides is 3. The third kappa shape index (κ3) is 3.45. The Kier molecular flexibility index (Phi) is 4.59. The fourth-order valence-electron chi connectivity index (χ4n) is 2.77. The molecule has 1 aromatic carbocycles. The molecule has 1 atom stereocenters. The first-order valence-electron chi connectivity index (χ1n) is 8.07. The zero-order chi connectivity index (χ0) is 17.1. The second-order valence-electron chi connectivity index (χ2n) is 6.37. The molecule has 7 nitrogen and oxygen atoms in total. The minimum Gasteiger partial charge on any atom is -0.325 e. The number of aromatic nitrogens is 3. The van der Waals surface area contributed by atoms with Crippen molar-refractivity contribution in [3.63, 3.8) is 0 Å². The monoisotopic (exact) mass is 327 g/mol. The molecule has 1 aromatic heterocycles. The summed E-state index contributed by atoms with van der Waals surface area (Å²) < 4.78 is 1.75. The molecule has 24 heavy (non-hydrogen) atoms. The molecule has 7 heteroatoms. The van der Waals surface area contributed by atoms with Gasteiger partial charge in [-0.05, 0) is 11.5 Å². The van der Waals surface area contributed by atoms with Crippen molar-refractivity contribution in [2.24, 2.45) is 5.92 Å². The van der Waals surface area contributed by atoms with E-state index in [2.05, 4.69) is 29.2 Å². The lowest BCUT2D eigenvalue weighted by Gasteiger charge is -2.14. The van der Waals surface area contributed by atoms with Crippen LogP contribution in [0.25, 0.3) is 0 Å². The fraction of sp³-hybridized carbons (Fsp3) is 0.412. The highest BCUT2D eigenvalue weighted by Gasteiger charge is 2.38. The Morgan fingerprint density at radius 1 is 1.21 bits per heavy atom. The molecule has 2 heterocycles. The number of nitrogens with zero attached hydrogens (tertiary/aromatic N) is 4. The van der Waals surface area contributed by atoms with Gasteiger partial charge in [0.2, 0.25) is 0 Å². The van der Waals surface area contributed by atoms with Crippen molar-refractivity contribution in [2.45, 2.75) is 39.4 Å². The van der Waals surface area contributed by atoms with Gasteiger partial charge < -0.3 is 5.32 Å². The van der Waals surface area contributed by atoms with Crippen LogP contribution in [0.4, 0.5) is 4.79 Å². The lowest BCUT2D eigenvalue weighted by Crippen LogP contribution is -2.33. The Hall–Kier alpha value is -2.70. The summed E-state index contributed by atoms with van der Waals surface area (Å²) in [6.45, 7) is 5.00. The van der Waals surface area contributed by atoms with Crippen LogP contribution >= 0.6 is 0 Å². The molecule has 0 spiro atoms. The van der Waals surface area contributed by atoms with E-state index in [1.54, 1.807) is 4.68 Å². The third-order valence-corrected chi connectivity index (χ3v) is 3.92. The molecule has 0 saturated carbocycles. The molecule has 1 saturated heterocycles. The SMILES string of the molecule is CC(C)Cn1ncnc1CN1C(=O)N[C@H](Cc2ccccc2)C1=O. The summed E-state index contributed by atoms with van der Waals surface area (Å²) in [6.07, 6.45) is 1.94. The number of imide groups is 1. The zero-order valence-electron chi connectivity index (χ0n) is 13.8. The molecular formula is C17H21N5O2. The molecule has 1 fully saturated rings. The largest absolute Gasteiger partial charge is 0.325 e. The summed E-state index contributed by atoms with van der Waals surface area (Å²) in [5.74, 6) is 0.801. The standard InChI is InChI=1S/C17H21N5O2/c1-12(2)9-22-15(18-11-19-22)10-21-16(23)14(20-17(21)24)8-13-6-4-3-5-7-13/h3-7,11-12,14H,8-10H2,1-2H3,(H,20,24)/t14-/m1/s1. The van der Waals surface area contributed by atoms with E-state index in [1.807, 2.05) is 30.3 Å². The molecule has 3 rings (SSSR count). The first-order valence-corrected chi connectivity index (χ1v) is 8.07. The maximum Gasteiger partial charge on any atom is 0.325 e. The predicted octanol–water partition coefficient (Wildman–Crippen LogP) is 1.60. The van der Waals surface area contributed by atoms with Crippen molar-refractivity contribution in [1.29, 1.82) is 0 Å². The van der Waals surface area contributed by atoms with Crippen LogP contribution in [0.2, 0.25) is 0 Å². The second-order valence-corrected chi connectivity index (χ2v) is 6.37. The number of benzene rings is 1. The highest BCUT2D eigenvalue weighted by Crippen LogP contribution is 2.15. The number of rotatable bonds is 6. The number of carbonyl (C=O) groups excluding carboxylic acids is 2. The summed E-state index contributed by atoms with van der Waals surface area (Å²) in [5.41, 5.74) is 1.01. The normalized spacial score (nSPS) is 17.6. The summed E-state index contributed by atoms with van der Waals surface area (Å²) in [4.78, 5) is 30.2. The first-order chi connectivity index (χ1) is 11.5. The summed E-state index contributed by atoms with van der Waals surface area (Å²) in [6, 6.07) is 8.75. The Bertz CT molecular complexity index is 726. The lowest BCUT2D eigenvalue weighted by atomic mass is 10.1. The van der Waals surface area contributed by atoms with Gasteiger partial charge in [-0.1, -0.05) is 44.2 Å². The van der Waals surface area contributed by atoms with E-state index in [0.717, 1.165) is 5.56 Å². The van der Waals surface area contributed by atoms with Gasteiger partial charge in [0.15, 0.2) is 0 Å². The maximum absolute atomic E-state index is 12.6. The molecule has 1 aliphatic rings. The van der Waals surface area contributed by atoms with Gasteiger partial charge in [-0.25, -0.2) is 14.5 Å². The van der Waals surface area contributed by atoms with Crippen LogP contribution in [-0.4, -0.2) is 37.6 Å². The van der Waals surface area contributed by atoms with Crippen LogP contribution < -0.4 is 5.32 Å². The fourth-order valence-corrected chi connectivity index (χ4v) is 2.77. The van der Waals surface area contributed by atoms with E-state index >= 15 is 0 Å². The quantitative estimate of drug-likeness (QED) is 0.817. The molecule has 2 aromatic rings. The number of urea groups is 1. The topological polar surface area (TPSA) is 80.1 Å². The van der Waals surface area contributed by atoms with E-state index in [-0.39, 0.29) is 18.5 Å². The predicted molar refractivity (Wildman–Crippen MR) is 87.9 cm³/mol.